The zero-order valence-corrected chi connectivity index (χ0v) is 17.8. The van der Waals surface area contributed by atoms with Crippen molar-refractivity contribution in [3.8, 4) is 5.69 Å². The normalized spacial score (nSPS) is 11.2. The molecule has 7 heteroatoms. The van der Waals surface area contributed by atoms with E-state index in [1.54, 1.807) is 29.4 Å². The Morgan fingerprint density at radius 2 is 1.75 bits per heavy atom. The Kier molecular flexibility index (Phi) is 4.78. The fraction of sp³-hybridized carbons (Fsp3) is 0.120. The van der Waals surface area contributed by atoms with Crippen LogP contribution in [-0.2, 0) is 7.05 Å². The second-order valence-electron chi connectivity index (χ2n) is 7.46. The van der Waals surface area contributed by atoms with E-state index in [0.29, 0.717) is 23.1 Å². The van der Waals surface area contributed by atoms with E-state index in [4.69, 9.17) is 0 Å². The van der Waals surface area contributed by atoms with Gasteiger partial charge in [-0.05, 0) is 37.3 Å². The second-order valence-corrected chi connectivity index (χ2v) is 7.46. The lowest BCUT2D eigenvalue weighted by Crippen LogP contribution is -2.34. The number of aryl methyl sites for hydroxylation is 1. The summed E-state index contributed by atoms with van der Waals surface area (Å²) in [7, 11) is 1.84. The lowest BCUT2D eigenvalue weighted by molar-refractivity contribution is 0.0983. The molecule has 0 saturated heterocycles. The van der Waals surface area contributed by atoms with Gasteiger partial charge < -0.3 is 9.47 Å². The number of hydrogen-bond donors (Lipinski definition) is 0. The van der Waals surface area contributed by atoms with Crippen LogP contribution in [0.15, 0.2) is 83.9 Å². The highest BCUT2D eigenvalue weighted by Crippen LogP contribution is 2.29. The van der Waals surface area contributed by atoms with Gasteiger partial charge in [0.1, 0.15) is 5.52 Å². The molecule has 0 N–H and O–H groups in total. The van der Waals surface area contributed by atoms with Gasteiger partial charge >= 0.3 is 0 Å². The monoisotopic (exact) mass is 423 g/mol. The largest absolute Gasteiger partial charge is 0.339 e. The predicted octanol–water partition coefficient (Wildman–Crippen LogP) is 3.94. The number of hydrogen-bond acceptors (Lipinski definition) is 4. The molecule has 32 heavy (non-hydrogen) atoms. The first-order chi connectivity index (χ1) is 15.6. The molecule has 7 nitrogen and oxygen atoms in total. The average Bonchev–Trinajstić information content (AvgIpc) is 3.14. The molecule has 5 aromatic rings. The highest BCUT2D eigenvalue weighted by molar-refractivity contribution is 6.20. The molecular formula is C25H21N5O2. The van der Waals surface area contributed by atoms with Crippen LogP contribution in [0.2, 0.25) is 0 Å². The zero-order chi connectivity index (χ0) is 22.2. The number of aromatic nitrogens is 4. The Morgan fingerprint density at radius 1 is 1.00 bits per heavy atom. The molecule has 0 aliphatic carbocycles. The van der Waals surface area contributed by atoms with Crippen LogP contribution >= 0.6 is 0 Å². The maximum Gasteiger partial charge on any atom is 0.296 e. The fourth-order valence-corrected chi connectivity index (χ4v) is 4.16. The molecule has 0 aliphatic rings. The summed E-state index contributed by atoms with van der Waals surface area (Å²) in [6.07, 6.45) is 3.19. The maximum absolute atomic E-state index is 13.9. The van der Waals surface area contributed by atoms with E-state index >= 15 is 0 Å². The summed E-state index contributed by atoms with van der Waals surface area (Å²) in [5.74, 6) is -0.266. The highest BCUT2D eigenvalue weighted by atomic mass is 16.2. The summed E-state index contributed by atoms with van der Waals surface area (Å²) in [5.41, 5.74) is 2.49. The molecule has 0 atom stereocenters. The molecule has 0 radical (unpaired) electrons. The molecule has 0 saturated carbocycles. The molecule has 0 bridgehead atoms. The minimum absolute atomic E-state index is 0.228. The van der Waals surface area contributed by atoms with Gasteiger partial charge in [-0.25, -0.2) is 0 Å². The van der Waals surface area contributed by atoms with Gasteiger partial charge in [-0.15, -0.1) is 0 Å². The second kappa shape index (κ2) is 7.77. The number of nitrogens with zero attached hydrogens (tertiary/aromatic N) is 5. The number of pyridine rings is 1. The van der Waals surface area contributed by atoms with E-state index < -0.39 is 0 Å². The molecule has 5 rings (SSSR count). The molecule has 0 fully saturated rings. The first-order valence-electron chi connectivity index (χ1n) is 10.4. The van der Waals surface area contributed by atoms with Crippen molar-refractivity contribution < 1.29 is 4.79 Å². The van der Waals surface area contributed by atoms with Crippen LogP contribution in [0.5, 0.6) is 0 Å². The molecule has 0 aliphatic heterocycles. The number of anilines is 1. The molecule has 2 aromatic carbocycles. The quantitative estimate of drug-likeness (QED) is 0.439. The molecule has 3 heterocycles. The minimum Gasteiger partial charge on any atom is -0.339 e. The van der Waals surface area contributed by atoms with E-state index in [2.05, 4.69) is 10.1 Å². The van der Waals surface area contributed by atoms with Gasteiger partial charge in [-0.1, -0.05) is 36.4 Å². The van der Waals surface area contributed by atoms with Crippen molar-refractivity contribution in [2.45, 2.75) is 6.92 Å². The SMILES string of the molecule is CCN(C(=O)c1nn(-c2cccnc2)c(=O)c2c1c1ccccc1n2C)c1ccccc1. The lowest BCUT2D eigenvalue weighted by Gasteiger charge is -2.21. The van der Waals surface area contributed by atoms with Gasteiger partial charge in [0, 0.05) is 41.8 Å². The zero-order valence-electron chi connectivity index (χ0n) is 17.8. The van der Waals surface area contributed by atoms with Crippen molar-refractivity contribution in [2.24, 2.45) is 7.05 Å². The Labute approximate surface area is 184 Å². The van der Waals surface area contributed by atoms with Crippen molar-refractivity contribution >= 4 is 33.4 Å². The molecular weight excluding hydrogens is 402 g/mol. The molecule has 1 amide bonds. The summed E-state index contributed by atoms with van der Waals surface area (Å²) in [6, 6.07) is 20.6. The van der Waals surface area contributed by atoms with Crippen molar-refractivity contribution in [1.29, 1.82) is 0 Å². The first-order valence-corrected chi connectivity index (χ1v) is 10.4. The standard InChI is InChI=1S/C25H21N5O2/c1-3-29(17-10-5-4-6-11-17)24(31)22-21-19-13-7-8-14-20(19)28(2)23(21)25(32)30(27-22)18-12-9-15-26-16-18/h4-16H,3H2,1-2H3. The number of carbonyl (C=O) groups excluding carboxylic acids is 1. The molecule has 158 valence electrons. The third kappa shape index (κ3) is 2.98. The number of fused-ring (bicyclic) bond motifs is 3. The van der Waals surface area contributed by atoms with Gasteiger partial charge in [0.05, 0.1) is 11.9 Å². The van der Waals surface area contributed by atoms with Crippen molar-refractivity contribution in [3.05, 3.63) is 95.2 Å². The third-order valence-corrected chi connectivity index (χ3v) is 5.66. The Morgan fingerprint density at radius 3 is 2.47 bits per heavy atom. The van der Waals surface area contributed by atoms with Crippen LogP contribution in [0.25, 0.3) is 27.5 Å². The van der Waals surface area contributed by atoms with Gasteiger partial charge in [-0.3, -0.25) is 14.6 Å². The van der Waals surface area contributed by atoms with Crippen molar-refractivity contribution in [2.75, 3.05) is 11.4 Å². The van der Waals surface area contributed by atoms with Crippen molar-refractivity contribution in [3.63, 3.8) is 0 Å². The van der Waals surface area contributed by atoms with Crippen LogP contribution < -0.4 is 10.5 Å². The summed E-state index contributed by atoms with van der Waals surface area (Å²) >= 11 is 0. The number of benzene rings is 2. The number of para-hydroxylation sites is 2. The van der Waals surface area contributed by atoms with Crippen LogP contribution in [0.1, 0.15) is 17.4 Å². The topological polar surface area (TPSA) is 73.0 Å². The Balaban J connectivity index is 1.87. The summed E-state index contributed by atoms with van der Waals surface area (Å²) < 4.78 is 3.09. The number of carbonyl (C=O) groups is 1. The van der Waals surface area contributed by atoms with Gasteiger partial charge in [0.25, 0.3) is 11.5 Å². The Hall–Kier alpha value is -4.26. The van der Waals surface area contributed by atoms with Gasteiger partial charge in [0.15, 0.2) is 5.69 Å². The molecule has 0 unspecified atom stereocenters. The van der Waals surface area contributed by atoms with E-state index in [1.165, 1.54) is 4.68 Å². The van der Waals surface area contributed by atoms with Gasteiger partial charge in [-0.2, -0.15) is 9.78 Å². The first kappa shape index (κ1) is 19.7. The van der Waals surface area contributed by atoms with Crippen molar-refractivity contribution in [1.82, 2.24) is 19.3 Å². The summed E-state index contributed by atoms with van der Waals surface area (Å²) in [5, 5.41) is 5.97. The summed E-state index contributed by atoms with van der Waals surface area (Å²) in [4.78, 5) is 33.2. The fourth-order valence-electron chi connectivity index (χ4n) is 4.16. The summed E-state index contributed by atoms with van der Waals surface area (Å²) in [6.45, 7) is 2.38. The molecule has 0 spiro atoms. The minimum atomic E-state index is -0.300. The van der Waals surface area contributed by atoms with Crippen LogP contribution in [-0.4, -0.2) is 31.8 Å². The number of rotatable bonds is 4. The third-order valence-electron chi connectivity index (χ3n) is 5.66. The lowest BCUT2D eigenvalue weighted by atomic mass is 10.1. The number of amides is 1. The smallest absolute Gasteiger partial charge is 0.296 e. The van der Waals surface area contributed by atoms with Crippen LogP contribution in [0.4, 0.5) is 5.69 Å². The van der Waals surface area contributed by atoms with Gasteiger partial charge in [0.2, 0.25) is 0 Å². The van der Waals surface area contributed by atoms with E-state index in [1.807, 2.05) is 73.1 Å². The highest BCUT2D eigenvalue weighted by Gasteiger charge is 2.26. The van der Waals surface area contributed by atoms with E-state index in [0.717, 1.165) is 16.6 Å². The predicted molar refractivity (Wildman–Crippen MR) is 125 cm³/mol. The van der Waals surface area contributed by atoms with E-state index in [9.17, 15) is 9.59 Å². The van der Waals surface area contributed by atoms with Crippen LogP contribution in [0, 0.1) is 0 Å². The maximum atomic E-state index is 13.9. The molecule has 3 aromatic heterocycles. The average molecular weight is 423 g/mol. The van der Waals surface area contributed by atoms with E-state index in [-0.39, 0.29) is 17.2 Å². The Bertz CT molecular complexity index is 1500. The van der Waals surface area contributed by atoms with Crippen LogP contribution in [0.3, 0.4) is 0 Å².